The van der Waals surface area contributed by atoms with Crippen LogP contribution >= 0.6 is 0 Å². The predicted molar refractivity (Wildman–Crippen MR) is 234 cm³/mol. The van der Waals surface area contributed by atoms with Gasteiger partial charge in [-0.3, -0.25) is 28.8 Å². The van der Waals surface area contributed by atoms with Gasteiger partial charge in [0, 0.05) is 45.3 Å². The zero-order valence-corrected chi connectivity index (χ0v) is 37.7. The van der Waals surface area contributed by atoms with E-state index in [0.29, 0.717) is 38.7 Å². The van der Waals surface area contributed by atoms with Crippen LogP contribution in [0.4, 0.5) is 0 Å². The molecular formula is C45H81N3O14. The Morgan fingerprint density at radius 1 is 0.468 bits per heavy atom. The molecule has 0 unspecified atom stereocenters. The molecule has 0 aliphatic rings. The summed E-state index contributed by atoms with van der Waals surface area (Å²) in [4.78, 5) is 82.3. The summed E-state index contributed by atoms with van der Waals surface area (Å²) >= 11 is 0. The predicted octanol–water partition coefficient (Wildman–Crippen LogP) is 4.86. The van der Waals surface area contributed by atoms with E-state index < -0.39 is 24.6 Å². The number of carboxylic acids is 2. The van der Waals surface area contributed by atoms with Gasteiger partial charge in [-0.2, -0.15) is 0 Å². The van der Waals surface area contributed by atoms with Crippen molar-refractivity contribution in [1.82, 2.24) is 16.0 Å². The first kappa shape index (κ1) is 58.6. The van der Waals surface area contributed by atoms with Crippen molar-refractivity contribution in [3.63, 3.8) is 0 Å². The van der Waals surface area contributed by atoms with Crippen LogP contribution in [0.3, 0.4) is 0 Å². The Hall–Kier alpha value is -3.35. The Bertz CT molecular complexity index is 1200. The Labute approximate surface area is 369 Å². The standard InChI is InChI=1S/C45H81N3O14/c1-46-39(41(52)34-49)22-16-14-15-20-38(51)35-61-32-31-60-29-27-47-43(54)36-62-33-30-59-28-19-21-37(50)25-26-40(45(57)58)48-42(53)23-17-12-10-8-6-4-2-3-5-7-9-11-13-18-24-44(55)56/h39-40,46,49H,2-36H2,1H3,(H,47,54)(H,48,53)(H,55,56)(H,57,58)/t39-,40-/m0/s1. The fourth-order valence-electron chi connectivity index (χ4n) is 6.61. The fraction of sp³-hybridized carbons (Fsp3) is 0.844. The summed E-state index contributed by atoms with van der Waals surface area (Å²) in [6.45, 7) is 1.22. The maximum Gasteiger partial charge on any atom is 0.326 e. The molecular weight excluding hydrogens is 807 g/mol. The zero-order chi connectivity index (χ0) is 45.9. The van der Waals surface area contributed by atoms with E-state index in [9.17, 15) is 38.7 Å². The molecule has 0 aromatic heterocycles. The summed E-state index contributed by atoms with van der Waals surface area (Å²) in [5, 5.41) is 35.2. The van der Waals surface area contributed by atoms with Gasteiger partial charge in [0.1, 0.15) is 31.6 Å². The van der Waals surface area contributed by atoms with Crippen LogP contribution < -0.4 is 16.0 Å². The van der Waals surface area contributed by atoms with E-state index in [4.69, 9.17) is 29.2 Å². The number of carbonyl (C=O) groups excluding carboxylic acids is 5. The van der Waals surface area contributed by atoms with Crippen LogP contribution in [0.5, 0.6) is 0 Å². The normalized spacial score (nSPS) is 12.2. The second-order valence-electron chi connectivity index (χ2n) is 15.8. The molecule has 17 nitrogen and oxygen atoms in total. The molecule has 0 saturated carbocycles. The molecule has 0 heterocycles. The van der Waals surface area contributed by atoms with Crippen LogP contribution in [0.15, 0.2) is 0 Å². The number of amides is 2. The van der Waals surface area contributed by atoms with Crippen molar-refractivity contribution < 1.29 is 67.8 Å². The summed E-state index contributed by atoms with van der Waals surface area (Å²) < 4.78 is 21.5. The summed E-state index contributed by atoms with van der Waals surface area (Å²) in [7, 11) is 1.68. The van der Waals surface area contributed by atoms with Crippen molar-refractivity contribution in [2.75, 3.05) is 73.1 Å². The van der Waals surface area contributed by atoms with E-state index in [1.807, 2.05) is 0 Å². The minimum absolute atomic E-state index is 0.00392. The molecule has 62 heavy (non-hydrogen) atoms. The lowest BCUT2D eigenvalue weighted by Gasteiger charge is -2.14. The molecule has 17 heteroatoms. The first-order valence-electron chi connectivity index (χ1n) is 23.2. The summed E-state index contributed by atoms with van der Waals surface area (Å²) in [6, 6.07) is -1.46. The number of hydrogen-bond donors (Lipinski definition) is 6. The summed E-state index contributed by atoms with van der Waals surface area (Å²) in [5.74, 6) is -2.83. The largest absolute Gasteiger partial charge is 0.481 e. The van der Waals surface area contributed by atoms with Crippen molar-refractivity contribution in [2.24, 2.45) is 0 Å². The van der Waals surface area contributed by atoms with Gasteiger partial charge in [0.2, 0.25) is 11.8 Å². The van der Waals surface area contributed by atoms with E-state index in [1.54, 1.807) is 7.05 Å². The number of aliphatic hydroxyl groups is 1. The van der Waals surface area contributed by atoms with E-state index in [2.05, 4.69) is 16.0 Å². The highest BCUT2D eigenvalue weighted by Gasteiger charge is 2.21. The van der Waals surface area contributed by atoms with E-state index in [1.165, 1.54) is 44.9 Å². The molecule has 6 N–H and O–H groups in total. The van der Waals surface area contributed by atoms with E-state index in [0.717, 1.165) is 51.4 Å². The number of rotatable bonds is 48. The minimum Gasteiger partial charge on any atom is -0.481 e. The Kier molecular flexibility index (Phi) is 40.6. The maximum atomic E-state index is 12.3. The van der Waals surface area contributed by atoms with Gasteiger partial charge in [-0.15, -0.1) is 0 Å². The number of carboxylic acid groups (broad SMARTS) is 2. The molecule has 0 spiro atoms. The number of unbranched alkanes of at least 4 members (excludes halogenated alkanes) is 15. The number of hydrogen-bond acceptors (Lipinski definition) is 13. The number of ether oxygens (including phenoxy) is 4. The smallest absolute Gasteiger partial charge is 0.326 e. The monoisotopic (exact) mass is 888 g/mol. The molecule has 0 rings (SSSR count). The average Bonchev–Trinajstić information content (AvgIpc) is 3.24. The molecule has 0 saturated heterocycles. The SMILES string of the molecule is CN[C@@H](CCCCCC(=O)COCCOCCNC(=O)COCCOCCCC(=O)CC[C@H](NC(=O)CCCCCCCCCCCCCCCCC(=O)O)C(=O)O)C(=O)CO. The number of nitrogens with one attached hydrogen (secondary N) is 3. The molecule has 0 aromatic rings. The lowest BCUT2D eigenvalue weighted by atomic mass is 10.0. The number of ketones is 3. The molecule has 2 amide bonds. The highest BCUT2D eigenvalue weighted by atomic mass is 16.5. The third kappa shape index (κ3) is 39.5. The van der Waals surface area contributed by atoms with Crippen LogP contribution in [0.2, 0.25) is 0 Å². The van der Waals surface area contributed by atoms with Gasteiger partial charge in [0.15, 0.2) is 11.6 Å². The van der Waals surface area contributed by atoms with Gasteiger partial charge in [0.25, 0.3) is 0 Å². The first-order chi connectivity index (χ1) is 30.0. The van der Waals surface area contributed by atoms with Gasteiger partial charge in [0.05, 0.1) is 39.1 Å². The molecule has 0 bridgehead atoms. The lowest BCUT2D eigenvalue weighted by Crippen LogP contribution is -2.41. The van der Waals surface area contributed by atoms with E-state index in [-0.39, 0.29) is 120 Å². The van der Waals surface area contributed by atoms with Crippen LogP contribution in [0, 0.1) is 0 Å². The molecule has 0 fully saturated rings. The molecule has 0 aliphatic heterocycles. The topological polar surface area (TPSA) is 253 Å². The molecule has 0 aliphatic carbocycles. The van der Waals surface area contributed by atoms with Crippen molar-refractivity contribution in [3.05, 3.63) is 0 Å². The lowest BCUT2D eigenvalue weighted by molar-refractivity contribution is -0.142. The summed E-state index contributed by atoms with van der Waals surface area (Å²) in [6.07, 6.45) is 19.7. The molecule has 0 radical (unpaired) electrons. The number of aliphatic carboxylic acids is 2. The Morgan fingerprint density at radius 3 is 1.53 bits per heavy atom. The van der Waals surface area contributed by atoms with Crippen molar-refractivity contribution >= 4 is 41.1 Å². The van der Waals surface area contributed by atoms with Gasteiger partial charge in [-0.05, 0) is 45.6 Å². The van der Waals surface area contributed by atoms with Crippen molar-refractivity contribution in [2.45, 2.75) is 173 Å². The molecule has 2 atom stereocenters. The Balaban J connectivity index is 3.66. The third-order valence-corrected chi connectivity index (χ3v) is 10.3. The number of aliphatic hydroxyl groups excluding tert-OH is 1. The van der Waals surface area contributed by atoms with Crippen LogP contribution in [-0.2, 0) is 52.5 Å². The first-order valence-corrected chi connectivity index (χ1v) is 23.2. The van der Waals surface area contributed by atoms with Crippen LogP contribution in [0.25, 0.3) is 0 Å². The quantitative estimate of drug-likeness (QED) is 0.0446. The second-order valence-corrected chi connectivity index (χ2v) is 15.8. The highest BCUT2D eigenvalue weighted by molar-refractivity contribution is 5.85. The minimum atomic E-state index is -1.16. The van der Waals surface area contributed by atoms with E-state index >= 15 is 0 Å². The summed E-state index contributed by atoms with van der Waals surface area (Å²) in [5.41, 5.74) is 0. The van der Waals surface area contributed by atoms with Gasteiger partial charge < -0.3 is 50.2 Å². The average molecular weight is 888 g/mol. The molecule has 360 valence electrons. The zero-order valence-electron chi connectivity index (χ0n) is 37.7. The Morgan fingerprint density at radius 2 is 0.968 bits per heavy atom. The maximum absolute atomic E-state index is 12.3. The fourth-order valence-corrected chi connectivity index (χ4v) is 6.61. The van der Waals surface area contributed by atoms with Gasteiger partial charge >= 0.3 is 11.9 Å². The highest BCUT2D eigenvalue weighted by Crippen LogP contribution is 2.14. The third-order valence-electron chi connectivity index (χ3n) is 10.3. The van der Waals surface area contributed by atoms with Crippen molar-refractivity contribution in [1.29, 1.82) is 0 Å². The number of carbonyl (C=O) groups is 7. The van der Waals surface area contributed by atoms with Crippen molar-refractivity contribution in [3.8, 4) is 0 Å². The van der Waals surface area contributed by atoms with Gasteiger partial charge in [-0.25, -0.2) is 4.79 Å². The van der Waals surface area contributed by atoms with Crippen LogP contribution in [-0.4, -0.2) is 142 Å². The number of Topliss-reactive ketones (excluding diaryl/α,β-unsaturated/α-hetero) is 3. The molecule has 0 aromatic carbocycles. The second kappa shape index (κ2) is 42.9. The van der Waals surface area contributed by atoms with Crippen LogP contribution in [0.1, 0.15) is 161 Å². The number of likely N-dealkylation sites (N-methyl/N-ethyl adjacent to an activating group) is 1. The van der Waals surface area contributed by atoms with Gasteiger partial charge in [-0.1, -0.05) is 89.9 Å².